The fourth-order valence-corrected chi connectivity index (χ4v) is 2.81. The van der Waals surface area contributed by atoms with Gasteiger partial charge in [-0.1, -0.05) is 37.6 Å². The van der Waals surface area contributed by atoms with Gasteiger partial charge in [-0.25, -0.2) is 0 Å². The summed E-state index contributed by atoms with van der Waals surface area (Å²) in [6.07, 6.45) is 3.29. The van der Waals surface area contributed by atoms with Crippen LogP contribution >= 0.6 is 0 Å². The van der Waals surface area contributed by atoms with Crippen LogP contribution in [0.1, 0.15) is 40.5 Å². The van der Waals surface area contributed by atoms with E-state index in [0.29, 0.717) is 6.42 Å². The molecule has 0 aromatic heterocycles. The highest BCUT2D eigenvalue weighted by atomic mass is 16.1. The normalized spacial score (nSPS) is 24.5. The number of rotatable bonds is 3. The molecule has 0 spiro atoms. The average molecular weight is 218 g/mol. The molecule has 1 rings (SSSR count). The van der Waals surface area contributed by atoms with Gasteiger partial charge < -0.3 is 0 Å². The summed E-state index contributed by atoms with van der Waals surface area (Å²) in [4.78, 5) is 11.9. The van der Waals surface area contributed by atoms with E-state index in [9.17, 15) is 4.79 Å². The highest BCUT2D eigenvalue weighted by Crippen LogP contribution is 2.47. The van der Waals surface area contributed by atoms with Gasteiger partial charge in [-0.15, -0.1) is 6.58 Å². The Morgan fingerprint density at radius 3 is 2.56 bits per heavy atom. The zero-order valence-electron chi connectivity index (χ0n) is 10.9. The van der Waals surface area contributed by atoms with Crippen molar-refractivity contribution in [3.05, 3.63) is 36.0 Å². The summed E-state index contributed by atoms with van der Waals surface area (Å²) >= 11 is 0. The SMILES string of the molecule is C=CCC1=C(C)C(=O)C[C@@H](C(=C)C)C1(C)C. The first-order valence-electron chi connectivity index (χ1n) is 5.82. The lowest BCUT2D eigenvalue weighted by Gasteiger charge is -2.41. The maximum atomic E-state index is 11.9. The molecule has 0 saturated carbocycles. The number of carbonyl (C=O) groups excluding carboxylic acids is 1. The van der Waals surface area contributed by atoms with E-state index in [1.54, 1.807) is 0 Å². The molecule has 0 aromatic carbocycles. The smallest absolute Gasteiger partial charge is 0.159 e. The second-order valence-electron chi connectivity index (χ2n) is 5.34. The van der Waals surface area contributed by atoms with Gasteiger partial charge in [-0.05, 0) is 37.2 Å². The predicted octanol–water partition coefficient (Wildman–Crippen LogP) is 4.07. The molecule has 1 aliphatic carbocycles. The zero-order chi connectivity index (χ0) is 12.5. The summed E-state index contributed by atoms with van der Waals surface area (Å²) in [5.74, 6) is 0.530. The Balaban J connectivity index is 3.27. The molecular weight excluding hydrogens is 196 g/mol. The van der Waals surface area contributed by atoms with E-state index in [4.69, 9.17) is 0 Å². The highest BCUT2D eigenvalue weighted by molar-refractivity contribution is 5.97. The largest absolute Gasteiger partial charge is 0.295 e. The third kappa shape index (κ3) is 2.04. The van der Waals surface area contributed by atoms with Gasteiger partial charge in [0.15, 0.2) is 5.78 Å². The van der Waals surface area contributed by atoms with Gasteiger partial charge in [0.2, 0.25) is 0 Å². The molecule has 0 saturated heterocycles. The maximum absolute atomic E-state index is 11.9. The lowest BCUT2D eigenvalue weighted by molar-refractivity contribution is -0.117. The fraction of sp³-hybridized carbons (Fsp3) is 0.533. The van der Waals surface area contributed by atoms with E-state index in [1.165, 1.54) is 5.57 Å². The highest BCUT2D eigenvalue weighted by Gasteiger charge is 2.40. The molecule has 0 bridgehead atoms. The summed E-state index contributed by atoms with van der Waals surface area (Å²) in [5, 5.41) is 0. The first-order chi connectivity index (χ1) is 7.32. The van der Waals surface area contributed by atoms with Crippen molar-refractivity contribution in [3.8, 4) is 0 Å². The van der Waals surface area contributed by atoms with Crippen LogP contribution in [0.2, 0.25) is 0 Å². The lowest BCUT2D eigenvalue weighted by Crippen LogP contribution is -2.35. The van der Waals surface area contributed by atoms with Gasteiger partial charge in [-0.2, -0.15) is 0 Å². The van der Waals surface area contributed by atoms with Crippen molar-refractivity contribution in [3.63, 3.8) is 0 Å². The minimum atomic E-state index is 0.0258. The first kappa shape index (κ1) is 13.0. The number of ketones is 1. The molecule has 0 radical (unpaired) electrons. The van der Waals surface area contributed by atoms with E-state index in [1.807, 2.05) is 19.9 Å². The molecule has 1 atom stereocenters. The third-order valence-electron chi connectivity index (χ3n) is 3.85. The second kappa shape index (κ2) is 4.40. The van der Waals surface area contributed by atoms with Crippen LogP contribution in [0.3, 0.4) is 0 Å². The Morgan fingerprint density at radius 1 is 1.56 bits per heavy atom. The van der Waals surface area contributed by atoms with Gasteiger partial charge in [0.1, 0.15) is 0 Å². The summed E-state index contributed by atoms with van der Waals surface area (Å²) in [6, 6.07) is 0. The van der Waals surface area contributed by atoms with E-state index < -0.39 is 0 Å². The van der Waals surface area contributed by atoms with Crippen molar-refractivity contribution in [1.29, 1.82) is 0 Å². The van der Waals surface area contributed by atoms with Gasteiger partial charge in [0.05, 0.1) is 0 Å². The molecule has 0 aliphatic heterocycles. The van der Waals surface area contributed by atoms with Crippen molar-refractivity contribution in [2.45, 2.75) is 40.5 Å². The van der Waals surface area contributed by atoms with E-state index in [-0.39, 0.29) is 17.1 Å². The summed E-state index contributed by atoms with van der Waals surface area (Å²) < 4.78 is 0. The monoisotopic (exact) mass is 218 g/mol. The number of allylic oxidation sites excluding steroid dienone is 4. The van der Waals surface area contributed by atoms with E-state index in [0.717, 1.165) is 17.6 Å². The van der Waals surface area contributed by atoms with Crippen LogP contribution in [0.4, 0.5) is 0 Å². The molecule has 16 heavy (non-hydrogen) atoms. The van der Waals surface area contributed by atoms with Crippen molar-refractivity contribution < 1.29 is 4.79 Å². The van der Waals surface area contributed by atoms with Gasteiger partial charge >= 0.3 is 0 Å². The second-order valence-corrected chi connectivity index (χ2v) is 5.34. The number of hydrogen-bond acceptors (Lipinski definition) is 1. The van der Waals surface area contributed by atoms with E-state index >= 15 is 0 Å². The van der Waals surface area contributed by atoms with Gasteiger partial charge in [-0.3, -0.25) is 4.79 Å². The van der Waals surface area contributed by atoms with Crippen LogP contribution in [-0.4, -0.2) is 5.78 Å². The predicted molar refractivity (Wildman–Crippen MR) is 69.2 cm³/mol. The summed E-state index contributed by atoms with van der Waals surface area (Å²) in [5.41, 5.74) is 3.29. The molecule has 0 amide bonds. The van der Waals surface area contributed by atoms with Crippen molar-refractivity contribution in [1.82, 2.24) is 0 Å². The molecule has 0 fully saturated rings. The minimum absolute atomic E-state index is 0.0258. The third-order valence-corrected chi connectivity index (χ3v) is 3.85. The Kier molecular flexibility index (Phi) is 3.57. The Hall–Kier alpha value is -1.11. The van der Waals surface area contributed by atoms with Crippen LogP contribution in [0.15, 0.2) is 36.0 Å². The van der Waals surface area contributed by atoms with Crippen LogP contribution in [0.25, 0.3) is 0 Å². The first-order valence-corrected chi connectivity index (χ1v) is 5.82. The molecule has 88 valence electrons. The molecule has 1 aliphatic rings. The summed E-state index contributed by atoms with van der Waals surface area (Å²) in [6.45, 7) is 16.2. The Labute approximate surface area is 98.9 Å². The standard InChI is InChI=1S/C15H22O/c1-7-8-12-11(4)14(16)9-13(10(2)3)15(12,5)6/h7,13H,1-2,8-9H2,3-6H3/t13-/m0/s1. The number of hydrogen-bond donors (Lipinski definition) is 0. The van der Waals surface area contributed by atoms with Crippen LogP contribution in [-0.2, 0) is 4.79 Å². The van der Waals surface area contributed by atoms with Gasteiger partial charge in [0, 0.05) is 6.42 Å². The molecule has 0 unspecified atom stereocenters. The summed E-state index contributed by atoms with van der Waals surface area (Å²) in [7, 11) is 0. The molecule has 0 aromatic rings. The topological polar surface area (TPSA) is 17.1 Å². The van der Waals surface area contributed by atoms with Crippen LogP contribution in [0.5, 0.6) is 0 Å². The van der Waals surface area contributed by atoms with E-state index in [2.05, 4.69) is 27.0 Å². The molecular formula is C15H22O. The van der Waals surface area contributed by atoms with Crippen molar-refractivity contribution >= 4 is 5.78 Å². The van der Waals surface area contributed by atoms with Gasteiger partial charge in [0.25, 0.3) is 0 Å². The Morgan fingerprint density at radius 2 is 2.12 bits per heavy atom. The van der Waals surface area contributed by atoms with Crippen LogP contribution < -0.4 is 0 Å². The lowest BCUT2D eigenvalue weighted by atomic mass is 9.62. The van der Waals surface area contributed by atoms with Crippen LogP contribution in [0, 0.1) is 11.3 Å². The van der Waals surface area contributed by atoms with Crippen molar-refractivity contribution in [2.75, 3.05) is 0 Å². The van der Waals surface area contributed by atoms with Crippen molar-refractivity contribution in [2.24, 2.45) is 11.3 Å². The molecule has 0 heterocycles. The number of Topliss-reactive ketones (excluding diaryl/α,β-unsaturated/α-hetero) is 1. The Bertz CT molecular complexity index is 369. The minimum Gasteiger partial charge on any atom is -0.295 e. The average Bonchev–Trinajstić information content (AvgIpc) is 2.18. The number of carbonyl (C=O) groups is 1. The molecule has 1 heteroatoms. The quantitative estimate of drug-likeness (QED) is 0.653. The molecule has 0 N–H and O–H groups in total. The maximum Gasteiger partial charge on any atom is 0.159 e. The fourth-order valence-electron chi connectivity index (χ4n) is 2.81. The molecule has 1 nitrogen and oxygen atoms in total. The zero-order valence-corrected chi connectivity index (χ0v) is 10.9.